The van der Waals surface area contributed by atoms with Crippen LogP contribution in [0.4, 0.5) is 0 Å². The predicted molar refractivity (Wildman–Crippen MR) is 93.6 cm³/mol. The first-order chi connectivity index (χ1) is 11.8. The molecular formula is C17H13ClN2O4S. The highest BCUT2D eigenvalue weighted by Crippen LogP contribution is 2.14. The smallest absolute Gasteiger partial charge is 0.268 e. The van der Waals surface area contributed by atoms with Crippen molar-refractivity contribution < 1.29 is 13.2 Å². The summed E-state index contributed by atoms with van der Waals surface area (Å²) in [6.07, 6.45) is 2.18. The molecule has 3 rings (SSSR count). The van der Waals surface area contributed by atoms with Crippen LogP contribution in [-0.2, 0) is 10.0 Å². The van der Waals surface area contributed by atoms with Crippen LogP contribution in [0.3, 0.4) is 0 Å². The molecule has 1 aromatic heterocycles. The number of hydrogen-bond donors (Lipinski definition) is 0. The summed E-state index contributed by atoms with van der Waals surface area (Å²) in [4.78, 5) is 24.9. The van der Waals surface area contributed by atoms with Gasteiger partial charge in [0.1, 0.15) is 0 Å². The van der Waals surface area contributed by atoms with Crippen molar-refractivity contribution in [1.82, 2.24) is 8.54 Å². The van der Waals surface area contributed by atoms with Crippen LogP contribution >= 0.6 is 11.6 Å². The lowest BCUT2D eigenvalue weighted by molar-refractivity contribution is 0.0956. The highest BCUT2D eigenvalue weighted by molar-refractivity contribution is 7.90. The van der Waals surface area contributed by atoms with Gasteiger partial charge < -0.3 is 0 Å². The molecule has 3 aromatic rings. The van der Waals surface area contributed by atoms with E-state index in [0.717, 1.165) is 22.5 Å². The van der Waals surface area contributed by atoms with Gasteiger partial charge in [-0.1, -0.05) is 35.4 Å². The fourth-order valence-electron chi connectivity index (χ4n) is 2.28. The Labute approximate surface area is 149 Å². The number of aryl methyl sites for hydroxylation is 1. The maximum Gasteiger partial charge on any atom is 0.349 e. The van der Waals surface area contributed by atoms with E-state index in [1.165, 1.54) is 24.3 Å². The summed E-state index contributed by atoms with van der Waals surface area (Å²) in [5, 5.41) is 0.339. The minimum absolute atomic E-state index is 0.0341. The number of halogens is 1. The van der Waals surface area contributed by atoms with Crippen LogP contribution in [-0.4, -0.2) is 22.9 Å². The van der Waals surface area contributed by atoms with Crippen LogP contribution in [0.15, 0.2) is 70.6 Å². The maximum absolute atomic E-state index is 12.6. The van der Waals surface area contributed by atoms with E-state index in [9.17, 15) is 18.0 Å². The zero-order valence-electron chi connectivity index (χ0n) is 13.1. The van der Waals surface area contributed by atoms with Crippen molar-refractivity contribution in [3.63, 3.8) is 0 Å². The molecule has 0 saturated heterocycles. The summed E-state index contributed by atoms with van der Waals surface area (Å²) in [7, 11) is -4.08. The first-order valence-electron chi connectivity index (χ1n) is 7.23. The van der Waals surface area contributed by atoms with Crippen LogP contribution < -0.4 is 5.69 Å². The third kappa shape index (κ3) is 3.16. The molecule has 25 heavy (non-hydrogen) atoms. The van der Waals surface area contributed by atoms with Gasteiger partial charge in [0.05, 0.1) is 4.90 Å². The van der Waals surface area contributed by atoms with Gasteiger partial charge in [-0.15, -0.1) is 0 Å². The quantitative estimate of drug-likeness (QED) is 0.703. The molecule has 0 fully saturated rings. The summed E-state index contributed by atoms with van der Waals surface area (Å²) in [5.74, 6) is -0.662. The summed E-state index contributed by atoms with van der Waals surface area (Å²) < 4.78 is 26.5. The van der Waals surface area contributed by atoms with Gasteiger partial charge in [0, 0.05) is 23.0 Å². The number of carbonyl (C=O) groups is 1. The second-order valence-electron chi connectivity index (χ2n) is 5.38. The number of nitrogens with zero attached hydrogens (tertiary/aromatic N) is 2. The number of aromatic nitrogens is 2. The Bertz CT molecular complexity index is 1110. The minimum atomic E-state index is -4.08. The van der Waals surface area contributed by atoms with Gasteiger partial charge in [0.25, 0.3) is 15.9 Å². The van der Waals surface area contributed by atoms with Crippen molar-refractivity contribution in [3.05, 3.63) is 87.6 Å². The van der Waals surface area contributed by atoms with E-state index in [1.54, 1.807) is 24.3 Å². The van der Waals surface area contributed by atoms with Crippen molar-refractivity contribution >= 4 is 27.5 Å². The third-order valence-corrected chi connectivity index (χ3v) is 5.51. The van der Waals surface area contributed by atoms with Crippen molar-refractivity contribution in [3.8, 4) is 0 Å². The lowest BCUT2D eigenvalue weighted by Gasteiger charge is -2.05. The Morgan fingerprint density at radius 1 is 1.04 bits per heavy atom. The second-order valence-corrected chi connectivity index (χ2v) is 7.63. The summed E-state index contributed by atoms with van der Waals surface area (Å²) in [5.41, 5.74) is 0.102. The van der Waals surface area contributed by atoms with Crippen molar-refractivity contribution in [1.29, 1.82) is 0 Å². The van der Waals surface area contributed by atoms with Crippen LogP contribution in [0.25, 0.3) is 0 Å². The Hall–Kier alpha value is -2.64. The molecule has 0 bridgehead atoms. The molecule has 6 nitrogen and oxygen atoms in total. The molecule has 0 aliphatic rings. The van der Waals surface area contributed by atoms with E-state index < -0.39 is 21.6 Å². The van der Waals surface area contributed by atoms with Crippen molar-refractivity contribution in [2.45, 2.75) is 11.8 Å². The Morgan fingerprint density at radius 3 is 2.36 bits per heavy atom. The molecule has 1 heterocycles. The lowest BCUT2D eigenvalue weighted by atomic mass is 10.2. The Balaban J connectivity index is 2.06. The average molecular weight is 377 g/mol. The lowest BCUT2D eigenvalue weighted by Crippen LogP contribution is -2.32. The van der Waals surface area contributed by atoms with Gasteiger partial charge in [-0.05, 0) is 37.3 Å². The molecule has 0 spiro atoms. The van der Waals surface area contributed by atoms with Gasteiger partial charge in [0.2, 0.25) is 0 Å². The highest BCUT2D eigenvalue weighted by Gasteiger charge is 2.22. The molecule has 0 N–H and O–H groups in total. The maximum atomic E-state index is 12.6. The average Bonchev–Trinajstić information content (AvgIpc) is 2.97. The van der Waals surface area contributed by atoms with Gasteiger partial charge in [-0.3, -0.25) is 4.79 Å². The van der Waals surface area contributed by atoms with E-state index in [1.807, 2.05) is 6.92 Å². The van der Waals surface area contributed by atoms with E-state index in [2.05, 4.69) is 0 Å². The van der Waals surface area contributed by atoms with Crippen LogP contribution in [0.1, 0.15) is 15.9 Å². The molecule has 0 aliphatic heterocycles. The molecular weight excluding hydrogens is 364 g/mol. The fraction of sp³-hybridized carbons (Fsp3) is 0.0588. The van der Waals surface area contributed by atoms with Crippen molar-refractivity contribution in [2.24, 2.45) is 0 Å². The molecule has 0 amide bonds. The van der Waals surface area contributed by atoms with E-state index in [0.29, 0.717) is 9.00 Å². The van der Waals surface area contributed by atoms with E-state index in [4.69, 9.17) is 11.6 Å². The topological polar surface area (TPSA) is 78.1 Å². The van der Waals surface area contributed by atoms with E-state index in [-0.39, 0.29) is 10.5 Å². The SMILES string of the molecule is Cc1ccc(S(=O)(=O)n2ccn(C(=O)c3cccc(Cl)c3)c2=O)cc1. The summed E-state index contributed by atoms with van der Waals surface area (Å²) in [6.45, 7) is 1.82. The van der Waals surface area contributed by atoms with E-state index >= 15 is 0 Å². The zero-order chi connectivity index (χ0) is 18.2. The van der Waals surface area contributed by atoms with Crippen LogP contribution in [0, 0.1) is 6.92 Å². The van der Waals surface area contributed by atoms with Gasteiger partial charge in [-0.2, -0.15) is 3.97 Å². The van der Waals surface area contributed by atoms with Gasteiger partial charge >= 0.3 is 5.69 Å². The first kappa shape index (κ1) is 17.2. The number of imidazole rings is 1. The Kier molecular flexibility index (Phi) is 4.36. The highest BCUT2D eigenvalue weighted by atomic mass is 35.5. The number of carbonyl (C=O) groups excluding carboxylic acids is 1. The number of rotatable bonds is 3. The molecule has 128 valence electrons. The summed E-state index contributed by atoms with van der Waals surface area (Å²) in [6, 6.07) is 12.1. The summed E-state index contributed by atoms with van der Waals surface area (Å²) >= 11 is 5.85. The molecule has 8 heteroatoms. The monoisotopic (exact) mass is 376 g/mol. The second kappa shape index (κ2) is 6.34. The first-order valence-corrected chi connectivity index (χ1v) is 9.05. The van der Waals surface area contributed by atoms with Crippen molar-refractivity contribution in [2.75, 3.05) is 0 Å². The molecule has 0 radical (unpaired) electrons. The standard InChI is InChI=1S/C17H13ClN2O4S/c1-12-5-7-15(8-6-12)25(23,24)20-10-9-19(17(20)22)16(21)13-3-2-4-14(18)11-13/h2-11H,1H3. The van der Waals surface area contributed by atoms with Crippen LogP contribution in [0.2, 0.25) is 5.02 Å². The Morgan fingerprint density at radius 2 is 1.72 bits per heavy atom. The molecule has 2 aromatic carbocycles. The zero-order valence-corrected chi connectivity index (χ0v) is 14.7. The molecule has 0 aliphatic carbocycles. The van der Waals surface area contributed by atoms with Gasteiger partial charge in [0.15, 0.2) is 0 Å². The normalized spacial score (nSPS) is 11.4. The van der Waals surface area contributed by atoms with Gasteiger partial charge in [-0.25, -0.2) is 17.8 Å². The number of benzene rings is 2. The minimum Gasteiger partial charge on any atom is -0.268 e. The van der Waals surface area contributed by atoms with Crippen LogP contribution in [0.5, 0.6) is 0 Å². The molecule has 0 atom stereocenters. The third-order valence-electron chi connectivity index (χ3n) is 3.61. The molecule has 0 unspecified atom stereocenters. The number of hydrogen-bond acceptors (Lipinski definition) is 4. The largest absolute Gasteiger partial charge is 0.349 e. The molecule has 0 saturated carbocycles. The fourth-order valence-corrected chi connectivity index (χ4v) is 3.69. The predicted octanol–water partition coefficient (Wildman–Crippen LogP) is 2.54.